The van der Waals surface area contributed by atoms with E-state index in [0.29, 0.717) is 17.5 Å². The van der Waals surface area contributed by atoms with Crippen LogP contribution in [0.2, 0.25) is 5.02 Å². The maximum Gasteiger partial charge on any atom is 0.246 e. The molecular weight excluding hydrogens is 480 g/mol. The maximum absolute atomic E-state index is 12.6. The van der Waals surface area contributed by atoms with Crippen molar-refractivity contribution in [2.75, 3.05) is 6.61 Å². The lowest BCUT2D eigenvalue weighted by Crippen LogP contribution is -2.31. The van der Waals surface area contributed by atoms with Crippen molar-refractivity contribution in [2.45, 2.75) is 37.4 Å². The van der Waals surface area contributed by atoms with Gasteiger partial charge in [0.15, 0.2) is 11.0 Å². The van der Waals surface area contributed by atoms with Gasteiger partial charge in [0.25, 0.3) is 0 Å². The van der Waals surface area contributed by atoms with Crippen molar-refractivity contribution in [2.24, 2.45) is 0 Å². The second-order valence-corrected chi connectivity index (χ2v) is 9.53. The molecule has 1 heterocycles. The SMILES string of the molecule is Cc1ccc(Cl)cc1-n1c(SCc2ccccc2)nnc1C(C)NC(=O)COCc1ccccc1. The average Bonchev–Trinajstić information content (AvgIpc) is 3.29. The molecule has 35 heavy (non-hydrogen) atoms. The third kappa shape index (κ3) is 6.72. The van der Waals surface area contributed by atoms with Gasteiger partial charge in [-0.1, -0.05) is 90.1 Å². The summed E-state index contributed by atoms with van der Waals surface area (Å²) >= 11 is 7.92. The van der Waals surface area contributed by atoms with Gasteiger partial charge in [0, 0.05) is 10.8 Å². The minimum Gasteiger partial charge on any atom is -0.367 e. The number of hydrogen-bond acceptors (Lipinski definition) is 5. The van der Waals surface area contributed by atoms with E-state index in [4.69, 9.17) is 16.3 Å². The number of carbonyl (C=O) groups excluding carboxylic acids is 1. The van der Waals surface area contributed by atoms with Crippen LogP contribution in [0.1, 0.15) is 35.5 Å². The van der Waals surface area contributed by atoms with Gasteiger partial charge in [-0.05, 0) is 42.7 Å². The van der Waals surface area contributed by atoms with Crippen LogP contribution in [0, 0.1) is 6.92 Å². The molecule has 4 rings (SSSR count). The van der Waals surface area contributed by atoms with Crippen LogP contribution in [0.3, 0.4) is 0 Å². The first kappa shape index (κ1) is 25.0. The highest BCUT2D eigenvalue weighted by Crippen LogP contribution is 2.30. The summed E-state index contributed by atoms with van der Waals surface area (Å²) in [6.45, 7) is 4.24. The number of benzene rings is 3. The lowest BCUT2D eigenvalue weighted by Gasteiger charge is -2.18. The number of amides is 1. The largest absolute Gasteiger partial charge is 0.367 e. The minimum absolute atomic E-state index is 0.0425. The van der Waals surface area contributed by atoms with Gasteiger partial charge in [0.1, 0.15) is 6.61 Å². The highest BCUT2D eigenvalue weighted by Gasteiger charge is 2.22. The van der Waals surface area contributed by atoms with E-state index in [-0.39, 0.29) is 18.6 Å². The molecule has 1 N–H and O–H groups in total. The summed E-state index contributed by atoms with van der Waals surface area (Å²) < 4.78 is 7.56. The topological polar surface area (TPSA) is 69.0 Å². The third-order valence-electron chi connectivity index (χ3n) is 5.39. The van der Waals surface area contributed by atoms with E-state index >= 15 is 0 Å². The van der Waals surface area contributed by atoms with Crippen LogP contribution in [0.15, 0.2) is 84.0 Å². The number of aryl methyl sites for hydroxylation is 1. The van der Waals surface area contributed by atoms with Crippen LogP contribution >= 0.6 is 23.4 Å². The predicted octanol–water partition coefficient (Wildman–Crippen LogP) is 5.92. The Labute approximate surface area is 214 Å². The zero-order chi connectivity index (χ0) is 24.6. The molecule has 1 aromatic heterocycles. The predicted molar refractivity (Wildman–Crippen MR) is 140 cm³/mol. The molecule has 0 spiro atoms. The molecule has 4 aromatic rings. The number of nitrogens with zero attached hydrogens (tertiary/aromatic N) is 3. The molecule has 1 unspecified atom stereocenters. The van der Waals surface area contributed by atoms with Gasteiger partial charge in [-0.2, -0.15) is 0 Å². The van der Waals surface area contributed by atoms with Crippen molar-refractivity contribution in [3.8, 4) is 5.69 Å². The van der Waals surface area contributed by atoms with E-state index in [1.54, 1.807) is 11.8 Å². The fraction of sp³-hybridized carbons (Fsp3) is 0.222. The molecule has 0 saturated carbocycles. The number of thioether (sulfide) groups is 1. The van der Waals surface area contributed by atoms with Crippen molar-refractivity contribution in [1.82, 2.24) is 20.1 Å². The number of carbonyl (C=O) groups is 1. The van der Waals surface area contributed by atoms with E-state index in [2.05, 4.69) is 27.6 Å². The summed E-state index contributed by atoms with van der Waals surface area (Å²) in [5.41, 5.74) is 4.12. The third-order valence-corrected chi connectivity index (χ3v) is 6.63. The Balaban J connectivity index is 1.51. The second-order valence-electron chi connectivity index (χ2n) is 8.15. The first-order valence-corrected chi connectivity index (χ1v) is 12.7. The Kier molecular flexibility index (Phi) is 8.58. The molecule has 8 heteroatoms. The zero-order valence-electron chi connectivity index (χ0n) is 19.6. The van der Waals surface area contributed by atoms with E-state index in [0.717, 1.165) is 27.7 Å². The van der Waals surface area contributed by atoms with Crippen LogP contribution < -0.4 is 5.32 Å². The standard InChI is InChI=1S/C27H27ClN4O2S/c1-19-13-14-23(28)15-24(19)32-26(30-31-27(32)35-18-22-11-7-4-8-12-22)20(2)29-25(33)17-34-16-21-9-5-3-6-10-21/h3-15,20H,16-18H2,1-2H3,(H,29,33). The van der Waals surface area contributed by atoms with Crippen molar-refractivity contribution in [3.63, 3.8) is 0 Å². The molecule has 0 aliphatic carbocycles. The zero-order valence-corrected chi connectivity index (χ0v) is 21.2. The lowest BCUT2D eigenvalue weighted by molar-refractivity contribution is -0.126. The normalized spacial score (nSPS) is 11.9. The highest BCUT2D eigenvalue weighted by atomic mass is 35.5. The van der Waals surface area contributed by atoms with Crippen molar-refractivity contribution < 1.29 is 9.53 Å². The molecule has 0 fully saturated rings. The Morgan fingerprint density at radius 3 is 2.43 bits per heavy atom. The summed E-state index contributed by atoms with van der Waals surface area (Å²) in [7, 11) is 0. The highest BCUT2D eigenvalue weighted by molar-refractivity contribution is 7.98. The summed E-state index contributed by atoms with van der Waals surface area (Å²) in [6, 6.07) is 25.3. The summed E-state index contributed by atoms with van der Waals surface area (Å²) in [5, 5.41) is 13.2. The van der Waals surface area contributed by atoms with Crippen LogP contribution in [0.4, 0.5) is 0 Å². The van der Waals surface area contributed by atoms with Gasteiger partial charge in [-0.25, -0.2) is 0 Å². The number of halogens is 1. The molecule has 0 aliphatic rings. The van der Waals surface area contributed by atoms with Gasteiger partial charge in [0.05, 0.1) is 18.3 Å². The molecule has 0 saturated heterocycles. The van der Waals surface area contributed by atoms with Crippen LogP contribution in [0.25, 0.3) is 5.69 Å². The van der Waals surface area contributed by atoms with Crippen LogP contribution in [-0.2, 0) is 21.9 Å². The van der Waals surface area contributed by atoms with Crippen LogP contribution in [-0.4, -0.2) is 27.3 Å². The molecule has 3 aromatic carbocycles. The quantitative estimate of drug-likeness (QED) is 0.270. The molecule has 1 amide bonds. The Morgan fingerprint density at radius 2 is 1.71 bits per heavy atom. The summed E-state index contributed by atoms with van der Waals surface area (Å²) in [5.74, 6) is 1.15. The van der Waals surface area contributed by atoms with Crippen LogP contribution in [0.5, 0.6) is 0 Å². The Bertz CT molecular complexity index is 1260. The Hall–Kier alpha value is -3.13. The van der Waals surface area contributed by atoms with Gasteiger partial charge < -0.3 is 10.1 Å². The van der Waals surface area contributed by atoms with Gasteiger partial charge in [0.2, 0.25) is 5.91 Å². The van der Waals surface area contributed by atoms with Gasteiger partial charge in [-0.15, -0.1) is 10.2 Å². The Morgan fingerprint density at radius 1 is 1.03 bits per heavy atom. The van der Waals surface area contributed by atoms with Gasteiger partial charge in [-0.3, -0.25) is 9.36 Å². The molecular formula is C27H27ClN4O2S. The molecule has 0 aliphatic heterocycles. The molecule has 6 nitrogen and oxygen atoms in total. The van der Waals surface area contributed by atoms with Crippen molar-refractivity contribution in [1.29, 1.82) is 0 Å². The minimum atomic E-state index is -0.389. The number of hydrogen-bond donors (Lipinski definition) is 1. The van der Waals surface area contributed by atoms with E-state index < -0.39 is 0 Å². The van der Waals surface area contributed by atoms with E-state index in [9.17, 15) is 4.79 Å². The summed E-state index contributed by atoms with van der Waals surface area (Å²) in [6.07, 6.45) is 0. The first-order valence-electron chi connectivity index (χ1n) is 11.3. The number of nitrogens with one attached hydrogen (secondary N) is 1. The fourth-order valence-corrected chi connectivity index (χ4v) is 4.68. The number of rotatable bonds is 10. The molecule has 0 radical (unpaired) electrons. The molecule has 180 valence electrons. The fourth-order valence-electron chi connectivity index (χ4n) is 3.61. The smallest absolute Gasteiger partial charge is 0.246 e. The van der Waals surface area contributed by atoms with E-state index in [1.807, 2.05) is 85.1 Å². The number of ether oxygens (including phenoxy) is 1. The number of aromatic nitrogens is 3. The maximum atomic E-state index is 12.6. The second kappa shape index (κ2) is 12.0. The van der Waals surface area contributed by atoms with Crippen molar-refractivity contribution in [3.05, 3.63) is 106 Å². The van der Waals surface area contributed by atoms with E-state index in [1.165, 1.54) is 5.56 Å². The summed E-state index contributed by atoms with van der Waals surface area (Å²) in [4.78, 5) is 12.6. The van der Waals surface area contributed by atoms with Crippen molar-refractivity contribution >= 4 is 29.3 Å². The average molecular weight is 507 g/mol. The first-order chi connectivity index (χ1) is 17.0. The lowest BCUT2D eigenvalue weighted by atomic mass is 10.2. The van der Waals surface area contributed by atoms with Gasteiger partial charge >= 0.3 is 0 Å². The molecule has 1 atom stereocenters. The monoisotopic (exact) mass is 506 g/mol. The molecule has 0 bridgehead atoms.